The largest absolute Gasteiger partial charge is 0.396 e. The normalized spacial score (nSPS) is 9.00. The van der Waals surface area contributed by atoms with Crippen LogP contribution in [-0.4, -0.2) is 45.0 Å². The smallest absolute Gasteiger partial charge is 0.0484 e. The lowest BCUT2D eigenvalue weighted by Gasteiger charge is -1.89. The number of halogens is 1. The number of rotatable bonds is 6. The van der Waals surface area contributed by atoms with Gasteiger partial charge in [-0.25, -0.2) is 0 Å². The van der Waals surface area contributed by atoms with Gasteiger partial charge in [0.1, 0.15) is 0 Å². The minimum Gasteiger partial charge on any atom is -0.396 e. The molecular formula is C8H19ClO3. The van der Waals surface area contributed by atoms with E-state index >= 15 is 0 Å². The summed E-state index contributed by atoms with van der Waals surface area (Å²) >= 11 is 5.30. The number of ether oxygens (including phenoxy) is 2. The Morgan fingerprint density at radius 3 is 1.75 bits per heavy atom. The van der Waals surface area contributed by atoms with E-state index in [1.54, 1.807) is 14.2 Å². The van der Waals surface area contributed by atoms with Crippen LogP contribution in [0, 0.1) is 0 Å². The quantitative estimate of drug-likeness (QED) is 0.516. The lowest BCUT2D eigenvalue weighted by atomic mass is 10.5. The van der Waals surface area contributed by atoms with Crippen LogP contribution in [0.15, 0.2) is 0 Å². The molecular weight excluding hydrogens is 180 g/mol. The highest BCUT2D eigenvalue weighted by Gasteiger charge is 1.76. The van der Waals surface area contributed by atoms with Gasteiger partial charge in [-0.05, 0) is 12.8 Å². The summed E-state index contributed by atoms with van der Waals surface area (Å²) in [6, 6.07) is 0. The van der Waals surface area contributed by atoms with E-state index in [2.05, 4.69) is 4.74 Å². The second-order valence-corrected chi connectivity index (χ2v) is 2.48. The third kappa shape index (κ3) is 22.5. The highest BCUT2D eigenvalue weighted by atomic mass is 35.5. The second kappa shape index (κ2) is 17.3. The van der Waals surface area contributed by atoms with Gasteiger partial charge < -0.3 is 14.6 Å². The molecule has 76 valence electrons. The van der Waals surface area contributed by atoms with E-state index in [1.165, 1.54) is 0 Å². The van der Waals surface area contributed by atoms with Crippen molar-refractivity contribution >= 4 is 11.6 Å². The Labute approximate surface area is 79.6 Å². The van der Waals surface area contributed by atoms with Crippen molar-refractivity contribution in [1.82, 2.24) is 0 Å². The molecule has 0 aromatic heterocycles. The van der Waals surface area contributed by atoms with Crippen LogP contribution in [0.3, 0.4) is 0 Å². The summed E-state index contributed by atoms with van der Waals surface area (Å²) < 4.78 is 9.32. The van der Waals surface area contributed by atoms with E-state index in [0.717, 1.165) is 19.4 Å². The average molecular weight is 199 g/mol. The van der Waals surface area contributed by atoms with Gasteiger partial charge in [0.05, 0.1) is 0 Å². The van der Waals surface area contributed by atoms with Gasteiger partial charge in [0, 0.05) is 39.9 Å². The zero-order valence-electron chi connectivity index (χ0n) is 7.88. The number of hydrogen-bond donors (Lipinski definition) is 1. The van der Waals surface area contributed by atoms with Crippen molar-refractivity contribution in [1.29, 1.82) is 0 Å². The molecule has 12 heavy (non-hydrogen) atoms. The molecule has 0 aliphatic carbocycles. The summed E-state index contributed by atoms with van der Waals surface area (Å²) in [7, 11) is 3.29. The molecule has 0 aromatic rings. The Kier molecular flexibility index (Phi) is 21.2. The van der Waals surface area contributed by atoms with Crippen LogP contribution in [0.25, 0.3) is 0 Å². The van der Waals surface area contributed by atoms with E-state index in [4.69, 9.17) is 21.4 Å². The molecule has 0 aliphatic heterocycles. The molecule has 0 rings (SSSR count). The fourth-order valence-corrected chi connectivity index (χ4v) is 0.517. The molecule has 0 spiro atoms. The molecule has 0 aliphatic rings. The fourth-order valence-electron chi connectivity index (χ4n) is 0.408. The topological polar surface area (TPSA) is 38.7 Å². The summed E-state index contributed by atoms with van der Waals surface area (Å²) in [6.07, 6.45) is 1.70. The predicted octanol–water partition coefficient (Wildman–Crippen LogP) is 1.28. The molecule has 0 saturated carbocycles. The van der Waals surface area contributed by atoms with Gasteiger partial charge in [-0.15, -0.1) is 11.6 Å². The van der Waals surface area contributed by atoms with Crippen LogP contribution in [0.1, 0.15) is 12.8 Å². The molecule has 0 amide bonds. The van der Waals surface area contributed by atoms with Crippen molar-refractivity contribution in [3.63, 3.8) is 0 Å². The molecule has 0 aromatic carbocycles. The van der Waals surface area contributed by atoms with E-state index in [1.807, 2.05) is 0 Å². The van der Waals surface area contributed by atoms with Crippen LogP contribution in [0.2, 0.25) is 0 Å². The monoisotopic (exact) mass is 198 g/mol. The Bertz CT molecular complexity index is 46.3. The lowest BCUT2D eigenvalue weighted by molar-refractivity contribution is 0.166. The van der Waals surface area contributed by atoms with Gasteiger partial charge >= 0.3 is 0 Å². The van der Waals surface area contributed by atoms with Crippen LogP contribution >= 0.6 is 11.6 Å². The maximum absolute atomic E-state index is 8.12. The predicted molar refractivity (Wildman–Crippen MR) is 50.8 cm³/mol. The van der Waals surface area contributed by atoms with Gasteiger partial charge in [0.25, 0.3) is 0 Å². The third-order valence-corrected chi connectivity index (χ3v) is 1.26. The summed E-state index contributed by atoms with van der Waals surface area (Å²) in [5.41, 5.74) is 0. The Morgan fingerprint density at radius 2 is 1.58 bits per heavy atom. The zero-order chi connectivity index (χ0) is 9.66. The Morgan fingerprint density at radius 1 is 1.08 bits per heavy atom. The molecule has 0 bridgehead atoms. The molecule has 0 saturated heterocycles. The number of alkyl halides is 1. The van der Waals surface area contributed by atoms with E-state index in [0.29, 0.717) is 12.5 Å². The van der Waals surface area contributed by atoms with Crippen molar-refractivity contribution in [3.8, 4) is 0 Å². The molecule has 0 unspecified atom stereocenters. The molecule has 0 atom stereocenters. The fraction of sp³-hybridized carbons (Fsp3) is 1.00. The maximum atomic E-state index is 8.12. The third-order valence-electron chi connectivity index (χ3n) is 0.989. The SMILES string of the molecule is COCCCCl.COCCCO. The average Bonchev–Trinajstić information content (AvgIpc) is 2.12. The number of aliphatic hydroxyl groups excluding tert-OH is 1. The standard InChI is InChI=1S/C4H9ClO.C4H10O2/c2*1-6-4-2-3-5/h2-4H2,1H3;5H,2-4H2,1H3. The minimum absolute atomic E-state index is 0.230. The van der Waals surface area contributed by atoms with Crippen LogP contribution in [0.4, 0.5) is 0 Å². The summed E-state index contributed by atoms with van der Waals surface area (Å²) in [5, 5.41) is 8.12. The molecule has 4 heteroatoms. The van der Waals surface area contributed by atoms with Gasteiger partial charge in [0.15, 0.2) is 0 Å². The van der Waals surface area contributed by atoms with Gasteiger partial charge in [0.2, 0.25) is 0 Å². The molecule has 3 nitrogen and oxygen atoms in total. The highest BCUT2D eigenvalue weighted by Crippen LogP contribution is 1.81. The zero-order valence-corrected chi connectivity index (χ0v) is 8.64. The molecule has 0 heterocycles. The van der Waals surface area contributed by atoms with Crippen LogP contribution in [0.5, 0.6) is 0 Å². The van der Waals surface area contributed by atoms with Crippen molar-refractivity contribution in [3.05, 3.63) is 0 Å². The Balaban J connectivity index is 0. The summed E-state index contributed by atoms with van der Waals surface area (Å²) in [4.78, 5) is 0. The molecule has 1 N–H and O–H groups in total. The first-order valence-electron chi connectivity index (χ1n) is 3.98. The number of methoxy groups -OCH3 is 2. The van der Waals surface area contributed by atoms with Crippen LogP contribution < -0.4 is 0 Å². The maximum Gasteiger partial charge on any atom is 0.0484 e. The molecule has 0 radical (unpaired) electrons. The number of aliphatic hydroxyl groups is 1. The van der Waals surface area contributed by atoms with Crippen molar-refractivity contribution in [2.75, 3.05) is 39.9 Å². The van der Waals surface area contributed by atoms with Crippen LogP contribution in [-0.2, 0) is 9.47 Å². The van der Waals surface area contributed by atoms with E-state index in [9.17, 15) is 0 Å². The van der Waals surface area contributed by atoms with Crippen molar-refractivity contribution in [2.24, 2.45) is 0 Å². The first-order valence-corrected chi connectivity index (χ1v) is 4.51. The van der Waals surface area contributed by atoms with Crippen molar-refractivity contribution < 1.29 is 14.6 Å². The first kappa shape index (κ1) is 14.7. The lowest BCUT2D eigenvalue weighted by Crippen LogP contribution is -1.90. The number of hydrogen-bond acceptors (Lipinski definition) is 3. The van der Waals surface area contributed by atoms with Gasteiger partial charge in [-0.1, -0.05) is 0 Å². The summed E-state index contributed by atoms with van der Waals surface area (Å²) in [5.74, 6) is 0.702. The van der Waals surface area contributed by atoms with E-state index in [-0.39, 0.29) is 6.61 Å². The molecule has 0 fully saturated rings. The summed E-state index contributed by atoms with van der Waals surface area (Å²) in [6.45, 7) is 1.67. The van der Waals surface area contributed by atoms with Gasteiger partial charge in [-0.3, -0.25) is 0 Å². The Hall–Kier alpha value is 0.170. The van der Waals surface area contributed by atoms with E-state index < -0.39 is 0 Å². The van der Waals surface area contributed by atoms with Gasteiger partial charge in [-0.2, -0.15) is 0 Å². The first-order chi connectivity index (χ1) is 5.83. The highest BCUT2D eigenvalue weighted by molar-refractivity contribution is 6.17. The van der Waals surface area contributed by atoms with Crippen molar-refractivity contribution in [2.45, 2.75) is 12.8 Å². The minimum atomic E-state index is 0.230. The second-order valence-electron chi connectivity index (χ2n) is 2.11.